The van der Waals surface area contributed by atoms with E-state index < -0.39 is 0 Å². The maximum absolute atomic E-state index is 7.94. The SMILES string of the molecule is C[C]1CC1=[N+]=[N-]. The van der Waals surface area contributed by atoms with E-state index in [0.29, 0.717) is 0 Å². The van der Waals surface area contributed by atoms with Crippen LogP contribution >= 0.6 is 0 Å². The van der Waals surface area contributed by atoms with E-state index in [1.165, 1.54) is 5.92 Å². The Labute approximate surface area is 36.4 Å². The van der Waals surface area contributed by atoms with Crippen molar-refractivity contribution in [2.45, 2.75) is 13.3 Å². The van der Waals surface area contributed by atoms with Gasteiger partial charge in [-0.1, -0.05) is 0 Å². The summed E-state index contributed by atoms with van der Waals surface area (Å²) in [5.74, 6) is 1.21. The summed E-state index contributed by atoms with van der Waals surface area (Å²) in [6, 6.07) is 0. The van der Waals surface area contributed by atoms with Crippen molar-refractivity contribution in [2.75, 3.05) is 0 Å². The summed E-state index contributed by atoms with van der Waals surface area (Å²) in [6.07, 6.45) is 0.913. The molecule has 1 aliphatic rings. The Kier molecular flexibility index (Phi) is 0.546. The Bertz CT molecular complexity index is 111. The van der Waals surface area contributed by atoms with Gasteiger partial charge in [-0.2, -0.15) is 4.79 Å². The standard InChI is InChI=1S/C4H5N2/c1-3-2-4(3)6-5/h2H2,1H3. The zero-order valence-corrected chi connectivity index (χ0v) is 3.60. The molecule has 0 spiro atoms. The Hall–Kier alpha value is -0.620. The van der Waals surface area contributed by atoms with Gasteiger partial charge in [-0.05, 0) is 6.92 Å². The first-order chi connectivity index (χ1) is 2.84. The molecule has 1 fully saturated rings. The van der Waals surface area contributed by atoms with Crippen LogP contribution in [0, 0.1) is 5.92 Å². The summed E-state index contributed by atoms with van der Waals surface area (Å²) in [4.78, 5) is 2.96. The molecular weight excluding hydrogens is 76.1 g/mol. The van der Waals surface area contributed by atoms with Gasteiger partial charge in [0.2, 0.25) is 0 Å². The van der Waals surface area contributed by atoms with Gasteiger partial charge in [0.25, 0.3) is 5.71 Å². The smallest absolute Gasteiger partial charge is 0.277 e. The first-order valence-electron chi connectivity index (χ1n) is 1.88. The van der Waals surface area contributed by atoms with E-state index in [2.05, 4.69) is 4.79 Å². The van der Waals surface area contributed by atoms with E-state index in [4.69, 9.17) is 5.53 Å². The third kappa shape index (κ3) is 0.352. The molecule has 6 heavy (non-hydrogen) atoms. The molecule has 1 radical (unpaired) electrons. The van der Waals surface area contributed by atoms with Crippen molar-refractivity contribution in [3.63, 3.8) is 0 Å². The third-order valence-corrected chi connectivity index (χ3v) is 0.921. The van der Waals surface area contributed by atoms with Gasteiger partial charge in [0.15, 0.2) is 0 Å². The molecule has 2 heteroatoms. The average molecular weight is 81.1 g/mol. The molecule has 0 aromatic heterocycles. The molecule has 0 N–H and O–H groups in total. The van der Waals surface area contributed by atoms with Crippen LogP contribution in [0.5, 0.6) is 0 Å². The lowest BCUT2D eigenvalue weighted by molar-refractivity contribution is -0.000355. The fourth-order valence-electron chi connectivity index (χ4n) is 0.328. The third-order valence-electron chi connectivity index (χ3n) is 0.921. The molecule has 1 saturated carbocycles. The van der Waals surface area contributed by atoms with Gasteiger partial charge in [-0.15, -0.1) is 0 Å². The van der Waals surface area contributed by atoms with Crippen LogP contribution in [0.4, 0.5) is 0 Å². The van der Waals surface area contributed by atoms with Crippen LogP contribution in [0.3, 0.4) is 0 Å². The molecule has 0 saturated heterocycles. The van der Waals surface area contributed by atoms with E-state index in [-0.39, 0.29) is 0 Å². The number of rotatable bonds is 0. The Morgan fingerprint density at radius 3 is 2.33 bits per heavy atom. The fourth-order valence-corrected chi connectivity index (χ4v) is 0.328. The van der Waals surface area contributed by atoms with Crippen LogP contribution < -0.4 is 0 Å². The molecule has 0 aromatic rings. The maximum Gasteiger partial charge on any atom is 0.277 e. The molecule has 0 amide bonds. The minimum absolute atomic E-state index is 0.856. The predicted octanol–water partition coefficient (Wildman–Crippen LogP) is 0.655. The minimum atomic E-state index is 0.856. The molecule has 0 heterocycles. The molecule has 1 aliphatic carbocycles. The van der Waals surface area contributed by atoms with Gasteiger partial charge in [0, 0.05) is 0 Å². The van der Waals surface area contributed by atoms with Crippen LogP contribution in [0.2, 0.25) is 0 Å². The molecule has 0 bridgehead atoms. The second kappa shape index (κ2) is 0.919. The minimum Gasteiger partial charge on any atom is -0.362 e. The molecule has 0 aromatic carbocycles. The van der Waals surface area contributed by atoms with Gasteiger partial charge in [-0.25, -0.2) is 0 Å². The lowest BCUT2D eigenvalue weighted by atomic mass is 10.5. The highest BCUT2D eigenvalue weighted by Gasteiger charge is 2.37. The predicted molar refractivity (Wildman–Crippen MR) is 22.2 cm³/mol. The van der Waals surface area contributed by atoms with E-state index in [1.54, 1.807) is 0 Å². The van der Waals surface area contributed by atoms with Crippen molar-refractivity contribution < 1.29 is 4.79 Å². The summed E-state index contributed by atoms with van der Waals surface area (Å²) in [7, 11) is 0. The van der Waals surface area contributed by atoms with Crippen molar-refractivity contribution in [1.29, 1.82) is 0 Å². The zero-order valence-electron chi connectivity index (χ0n) is 3.60. The Morgan fingerprint density at radius 1 is 1.83 bits per heavy atom. The second-order valence-electron chi connectivity index (χ2n) is 1.50. The largest absolute Gasteiger partial charge is 0.362 e. The maximum atomic E-state index is 7.94. The van der Waals surface area contributed by atoms with Gasteiger partial charge in [0.05, 0.1) is 12.3 Å². The topological polar surface area (TPSA) is 36.4 Å². The van der Waals surface area contributed by atoms with Crippen LogP contribution in [-0.4, -0.2) is 10.5 Å². The first-order valence-corrected chi connectivity index (χ1v) is 1.88. The lowest BCUT2D eigenvalue weighted by Gasteiger charge is -1.48. The van der Waals surface area contributed by atoms with Gasteiger partial charge in [-0.3, -0.25) is 0 Å². The molecule has 1 rings (SSSR count). The average Bonchev–Trinajstić information content (AvgIpc) is 2.19. The highest BCUT2D eigenvalue weighted by atomic mass is 14.9. The number of nitrogens with zero attached hydrogens (tertiary/aromatic N) is 2. The number of hydrogen-bond donors (Lipinski definition) is 0. The van der Waals surface area contributed by atoms with Gasteiger partial charge < -0.3 is 5.53 Å². The van der Waals surface area contributed by atoms with Crippen molar-refractivity contribution in [3.8, 4) is 0 Å². The van der Waals surface area contributed by atoms with Crippen molar-refractivity contribution in [3.05, 3.63) is 11.4 Å². The molecule has 2 nitrogen and oxygen atoms in total. The summed E-state index contributed by atoms with van der Waals surface area (Å²) in [5, 5.41) is 0. The molecular formula is C4H5N2. The van der Waals surface area contributed by atoms with Crippen LogP contribution in [0.15, 0.2) is 0 Å². The zero-order chi connectivity index (χ0) is 4.57. The monoisotopic (exact) mass is 81.0 g/mol. The first kappa shape index (κ1) is 3.57. The summed E-state index contributed by atoms with van der Waals surface area (Å²) < 4.78 is 0. The highest BCUT2D eigenvalue weighted by Crippen LogP contribution is 2.24. The molecule has 31 valence electrons. The quantitative estimate of drug-likeness (QED) is 0.303. The van der Waals surface area contributed by atoms with E-state index >= 15 is 0 Å². The Morgan fingerprint density at radius 2 is 2.33 bits per heavy atom. The van der Waals surface area contributed by atoms with Crippen molar-refractivity contribution in [1.82, 2.24) is 0 Å². The van der Waals surface area contributed by atoms with Crippen LogP contribution in [-0.2, 0) is 0 Å². The van der Waals surface area contributed by atoms with Crippen LogP contribution in [0.25, 0.3) is 5.53 Å². The summed E-state index contributed by atoms with van der Waals surface area (Å²) in [5.41, 5.74) is 8.80. The van der Waals surface area contributed by atoms with Gasteiger partial charge >= 0.3 is 0 Å². The number of hydrogen-bond acceptors (Lipinski definition) is 0. The van der Waals surface area contributed by atoms with Crippen LogP contribution in [0.1, 0.15) is 13.3 Å². The molecule has 0 unspecified atom stereocenters. The van der Waals surface area contributed by atoms with Crippen molar-refractivity contribution in [2.24, 2.45) is 0 Å². The summed E-state index contributed by atoms with van der Waals surface area (Å²) >= 11 is 0. The normalized spacial score (nSPS) is 20.5. The molecule has 0 aliphatic heterocycles. The van der Waals surface area contributed by atoms with E-state index in [9.17, 15) is 0 Å². The van der Waals surface area contributed by atoms with Crippen molar-refractivity contribution >= 4 is 5.71 Å². The highest BCUT2D eigenvalue weighted by molar-refractivity contribution is 6.09. The lowest BCUT2D eigenvalue weighted by Crippen LogP contribution is -1.64. The fraction of sp³-hybridized carbons (Fsp3) is 0.500. The van der Waals surface area contributed by atoms with Gasteiger partial charge in [0.1, 0.15) is 0 Å². The molecule has 0 atom stereocenters. The van der Waals surface area contributed by atoms with E-state index in [0.717, 1.165) is 12.1 Å². The Balaban J connectivity index is 2.67. The van der Waals surface area contributed by atoms with E-state index in [1.807, 2.05) is 6.92 Å². The summed E-state index contributed by atoms with van der Waals surface area (Å²) in [6.45, 7) is 1.95. The second-order valence-corrected chi connectivity index (χ2v) is 1.50.